The highest BCUT2D eigenvalue weighted by atomic mass is 32.2. The molecule has 0 fully saturated rings. The molecular weight excluding hydrogens is 348 g/mol. The number of carbonyl (C=O) groups excluding carboxylic acids is 1. The number of nitrogens with one attached hydrogen (secondary N) is 1. The van der Waals surface area contributed by atoms with Crippen LogP contribution in [0, 0.1) is 27.7 Å². The molecule has 5 nitrogen and oxygen atoms in total. The lowest BCUT2D eigenvalue weighted by Gasteiger charge is -2.25. The second kappa shape index (κ2) is 8.01. The third-order valence-corrected chi connectivity index (χ3v) is 6.76. The SMILES string of the molecule is CNC(=O)CN(Cc1ccccc1)S(=O)(=O)c1c(C)c(C)cc(C)c1C. The van der Waals surface area contributed by atoms with E-state index < -0.39 is 10.0 Å². The van der Waals surface area contributed by atoms with Crippen LogP contribution in [0.1, 0.15) is 27.8 Å². The molecule has 2 rings (SSSR count). The number of aryl methyl sites for hydroxylation is 2. The van der Waals surface area contributed by atoms with Crippen molar-refractivity contribution in [2.45, 2.75) is 39.1 Å². The van der Waals surface area contributed by atoms with Crippen molar-refractivity contribution in [2.75, 3.05) is 13.6 Å². The quantitative estimate of drug-likeness (QED) is 0.845. The normalized spacial score (nSPS) is 11.6. The molecule has 26 heavy (non-hydrogen) atoms. The molecular formula is C20H26N2O3S. The van der Waals surface area contributed by atoms with Crippen LogP contribution in [-0.4, -0.2) is 32.2 Å². The Labute approximate surface area is 156 Å². The van der Waals surface area contributed by atoms with E-state index in [9.17, 15) is 13.2 Å². The van der Waals surface area contributed by atoms with Crippen molar-refractivity contribution in [3.8, 4) is 0 Å². The van der Waals surface area contributed by atoms with Gasteiger partial charge in [0.05, 0.1) is 11.4 Å². The first kappa shape index (κ1) is 20.1. The third kappa shape index (κ3) is 4.14. The molecule has 0 atom stereocenters. The lowest BCUT2D eigenvalue weighted by atomic mass is 10.0. The number of carbonyl (C=O) groups is 1. The standard InChI is InChI=1S/C20H26N2O3S/c1-14-11-15(2)17(4)20(16(14)3)26(24,25)22(13-19(23)21-5)12-18-9-7-6-8-10-18/h6-11H,12-13H2,1-5H3,(H,21,23). The van der Waals surface area contributed by atoms with Gasteiger partial charge in [0, 0.05) is 13.6 Å². The number of benzene rings is 2. The minimum absolute atomic E-state index is 0.141. The van der Waals surface area contributed by atoms with Crippen molar-refractivity contribution in [3.63, 3.8) is 0 Å². The Morgan fingerprint density at radius 3 is 2.04 bits per heavy atom. The number of hydrogen-bond donors (Lipinski definition) is 1. The predicted molar refractivity (Wildman–Crippen MR) is 103 cm³/mol. The van der Waals surface area contributed by atoms with Gasteiger partial charge < -0.3 is 5.32 Å². The summed E-state index contributed by atoms with van der Waals surface area (Å²) in [5.74, 6) is -0.343. The highest BCUT2D eigenvalue weighted by molar-refractivity contribution is 7.89. The average Bonchev–Trinajstić information content (AvgIpc) is 2.60. The Balaban J connectivity index is 2.57. The molecule has 6 heteroatoms. The van der Waals surface area contributed by atoms with Crippen LogP contribution in [0.5, 0.6) is 0 Å². The molecule has 0 aliphatic carbocycles. The van der Waals surface area contributed by atoms with Gasteiger partial charge in [0.1, 0.15) is 0 Å². The maximum Gasteiger partial charge on any atom is 0.244 e. The number of amides is 1. The topological polar surface area (TPSA) is 66.5 Å². The fourth-order valence-corrected chi connectivity index (χ4v) is 4.91. The predicted octanol–water partition coefficient (Wildman–Crippen LogP) is 2.86. The van der Waals surface area contributed by atoms with E-state index in [-0.39, 0.29) is 19.0 Å². The van der Waals surface area contributed by atoms with Crippen LogP contribution in [0.4, 0.5) is 0 Å². The third-order valence-electron chi connectivity index (χ3n) is 4.70. The fraction of sp³-hybridized carbons (Fsp3) is 0.350. The van der Waals surface area contributed by atoms with Crippen molar-refractivity contribution in [1.29, 1.82) is 0 Å². The van der Waals surface area contributed by atoms with E-state index in [0.29, 0.717) is 4.90 Å². The van der Waals surface area contributed by atoms with Gasteiger partial charge in [0.25, 0.3) is 0 Å². The molecule has 1 amide bonds. The molecule has 0 saturated heterocycles. The van der Waals surface area contributed by atoms with Gasteiger partial charge in [-0.05, 0) is 55.5 Å². The molecule has 0 aliphatic rings. The second-order valence-electron chi connectivity index (χ2n) is 6.52. The molecule has 2 aromatic rings. The Morgan fingerprint density at radius 2 is 1.54 bits per heavy atom. The fourth-order valence-electron chi connectivity index (χ4n) is 2.95. The van der Waals surface area contributed by atoms with Crippen molar-refractivity contribution >= 4 is 15.9 Å². The smallest absolute Gasteiger partial charge is 0.244 e. The maximum absolute atomic E-state index is 13.5. The molecule has 0 radical (unpaired) electrons. The van der Waals surface area contributed by atoms with E-state index in [1.807, 2.05) is 64.1 Å². The van der Waals surface area contributed by atoms with Crippen LogP contribution in [0.2, 0.25) is 0 Å². The van der Waals surface area contributed by atoms with Crippen LogP contribution in [0.25, 0.3) is 0 Å². The summed E-state index contributed by atoms with van der Waals surface area (Å²) in [6, 6.07) is 11.3. The molecule has 0 aromatic heterocycles. The van der Waals surface area contributed by atoms with Crippen LogP contribution < -0.4 is 5.32 Å². The number of hydrogen-bond acceptors (Lipinski definition) is 3. The molecule has 0 aliphatic heterocycles. The molecule has 0 bridgehead atoms. The molecule has 0 saturated carbocycles. The van der Waals surface area contributed by atoms with E-state index in [2.05, 4.69) is 5.32 Å². The Hall–Kier alpha value is -2.18. The monoisotopic (exact) mass is 374 g/mol. The van der Waals surface area contributed by atoms with Gasteiger partial charge in [0.2, 0.25) is 15.9 Å². The van der Waals surface area contributed by atoms with Crippen molar-refractivity contribution in [1.82, 2.24) is 9.62 Å². The number of likely N-dealkylation sites (N-methyl/N-ethyl adjacent to an activating group) is 1. The zero-order valence-electron chi connectivity index (χ0n) is 16.0. The molecule has 1 N–H and O–H groups in total. The summed E-state index contributed by atoms with van der Waals surface area (Å²) in [4.78, 5) is 12.3. The van der Waals surface area contributed by atoms with Gasteiger partial charge in [-0.1, -0.05) is 36.4 Å². The highest BCUT2D eigenvalue weighted by Gasteiger charge is 2.30. The lowest BCUT2D eigenvalue weighted by molar-refractivity contribution is -0.120. The minimum atomic E-state index is -3.84. The van der Waals surface area contributed by atoms with E-state index in [4.69, 9.17) is 0 Å². The van der Waals surface area contributed by atoms with E-state index in [1.165, 1.54) is 11.4 Å². The summed E-state index contributed by atoms with van der Waals surface area (Å²) in [6.45, 7) is 7.36. The first-order chi connectivity index (χ1) is 12.2. The first-order valence-corrected chi connectivity index (χ1v) is 9.94. The van der Waals surface area contributed by atoms with Gasteiger partial charge in [-0.15, -0.1) is 0 Å². The van der Waals surface area contributed by atoms with Crippen molar-refractivity contribution in [3.05, 3.63) is 64.2 Å². The molecule has 140 valence electrons. The van der Waals surface area contributed by atoms with Crippen LogP contribution in [-0.2, 0) is 21.4 Å². The number of rotatable bonds is 6. The number of nitrogens with zero attached hydrogens (tertiary/aromatic N) is 1. The van der Waals surface area contributed by atoms with E-state index in [0.717, 1.165) is 27.8 Å². The summed E-state index contributed by atoms with van der Waals surface area (Å²) >= 11 is 0. The Bertz CT molecular complexity index is 880. The van der Waals surface area contributed by atoms with E-state index in [1.54, 1.807) is 0 Å². The maximum atomic E-state index is 13.5. The molecule has 0 heterocycles. The number of sulfonamides is 1. The lowest BCUT2D eigenvalue weighted by Crippen LogP contribution is -2.39. The largest absolute Gasteiger partial charge is 0.358 e. The zero-order chi connectivity index (χ0) is 19.5. The highest BCUT2D eigenvalue weighted by Crippen LogP contribution is 2.29. The second-order valence-corrected chi connectivity index (χ2v) is 8.40. The van der Waals surface area contributed by atoms with Gasteiger partial charge in [-0.25, -0.2) is 8.42 Å². The van der Waals surface area contributed by atoms with Crippen LogP contribution in [0.15, 0.2) is 41.3 Å². The summed E-state index contributed by atoms with van der Waals surface area (Å²) in [5, 5.41) is 2.51. The van der Waals surface area contributed by atoms with Crippen LogP contribution >= 0.6 is 0 Å². The molecule has 2 aromatic carbocycles. The van der Waals surface area contributed by atoms with Gasteiger partial charge in [-0.2, -0.15) is 4.31 Å². The Morgan fingerprint density at radius 1 is 1.00 bits per heavy atom. The van der Waals surface area contributed by atoms with Gasteiger partial charge in [0.15, 0.2) is 0 Å². The van der Waals surface area contributed by atoms with Gasteiger partial charge >= 0.3 is 0 Å². The van der Waals surface area contributed by atoms with E-state index >= 15 is 0 Å². The van der Waals surface area contributed by atoms with Crippen LogP contribution in [0.3, 0.4) is 0 Å². The molecule has 0 spiro atoms. The summed E-state index contributed by atoms with van der Waals surface area (Å²) in [7, 11) is -2.34. The summed E-state index contributed by atoms with van der Waals surface area (Å²) in [6.07, 6.45) is 0. The van der Waals surface area contributed by atoms with Crippen molar-refractivity contribution in [2.24, 2.45) is 0 Å². The summed E-state index contributed by atoms with van der Waals surface area (Å²) < 4.78 is 28.2. The zero-order valence-corrected chi connectivity index (χ0v) is 16.8. The average molecular weight is 375 g/mol. The first-order valence-electron chi connectivity index (χ1n) is 8.50. The Kier molecular flexibility index (Phi) is 6.21. The van der Waals surface area contributed by atoms with Crippen molar-refractivity contribution < 1.29 is 13.2 Å². The molecule has 0 unspecified atom stereocenters. The summed E-state index contributed by atoms with van der Waals surface area (Å²) in [5.41, 5.74) is 4.13. The van der Waals surface area contributed by atoms with Gasteiger partial charge in [-0.3, -0.25) is 4.79 Å². The minimum Gasteiger partial charge on any atom is -0.358 e.